The number of anilines is 2. The van der Waals surface area contributed by atoms with Gasteiger partial charge in [-0.15, -0.1) is 0 Å². The molecule has 2 atom stereocenters. The number of amides is 5. The number of rotatable bonds is 9. The van der Waals surface area contributed by atoms with E-state index in [0.717, 1.165) is 73.9 Å². The smallest absolute Gasteiger partial charge is 0.262 e. The molecule has 63 heavy (non-hydrogen) atoms. The van der Waals surface area contributed by atoms with E-state index in [4.69, 9.17) is 9.72 Å². The van der Waals surface area contributed by atoms with Crippen LogP contribution in [0.2, 0.25) is 0 Å². The molecule has 2 aromatic heterocycles. The predicted octanol–water partition coefficient (Wildman–Crippen LogP) is 4.94. The molecule has 2 aromatic carbocycles. The molecule has 326 valence electrons. The van der Waals surface area contributed by atoms with Crippen LogP contribution in [0.3, 0.4) is 0 Å². The van der Waals surface area contributed by atoms with Crippen LogP contribution in [-0.4, -0.2) is 113 Å². The maximum Gasteiger partial charge on any atom is 0.262 e. The van der Waals surface area contributed by atoms with E-state index in [1.54, 1.807) is 30.6 Å². The van der Waals surface area contributed by atoms with Crippen molar-refractivity contribution in [3.05, 3.63) is 89.2 Å². The number of carbonyl (C=O) groups is 5. The van der Waals surface area contributed by atoms with Gasteiger partial charge in [0.15, 0.2) is 0 Å². The molecule has 0 bridgehead atoms. The molecule has 6 heterocycles. The van der Waals surface area contributed by atoms with E-state index >= 15 is 0 Å². The summed E-state index contributed by atoms with van der Waals surface area (Å²) in [4.78, 5) is 81.7. The van der Waals surface area contributed by atoms with Gasteiger partial charge in [-0.2, -0.15) is 5.26 Å². The maximum atomic E-state index is 13.6. The maximum absolute atomic E-state index is 13.6. The number of nitriles is 1. The number of nitrogens with zero attached hydrogens (tertiary/aromatic N) is 7. The van der Waals surface area contributed by atoms with Gasteiger partial charge in [0.1, 0.15) is 29.8 Å². The molecule has 1 saturated carbocycles. The number of hydrogen-bond donors (Lipinski definition) is 2. The van der Waals surface area contributed by atoms with Crippen molar-refractivity contribution < 1.29 is 28.7 Å². The predicted molar refractivity (Wildman–Crippen MR) is 235 cm³/mol. The van der Waals surface area contributed by atoms with Crippen LogP contribution >= 0.6 is 0 Å². The molecule has 15 heteroatoms. The summed E-state index contributed by atoms with van der Waals surface area (Å²) in [6, 6.07) is 17.8. The lowest BCUT2D eigenvalue weighted by Gasteiger charge is -2.63. The highest BCUT2D eigenvalue weighted by atomic mass is 16.5. The summed E-state index contributed by atoms with van der Waals surface area (Å²) < 4.78 is 6.65. The lowest BCUT2D eigenvalue weighted by atomic mass is 9.49. The number of aromatic nitrogens is 2. The zero-order valence-electron chi connectivity index (χ0n) is 36.4. The van der Waals surface area contributed by atoms with Gasteiger partial charge in [-0.1, -0.05) is 27.7 Å². The van der Waals surface area contributed by atoms with Crippen LogP contribution < -0.4 is 25.2 Å². The summed E-state index contributed by atoms with van der Waals surface area (Å²) in [7, 11) is 0. The Morgan fingerprint density at radius 2 is 1.67 bits per heavy atom. The van der Waals surface area contributed by atoms with E-state index < -0.39 is 29.7 Å². The zero-order valence-corrected chi connectivity index (χ0v) is 36.4. The van der Waals surface area contributed by atoms with Crippen molar-refractivity contribution in [2.75, 3.05) is 49.1 Å². The molecule has 1 unspecified atom stereocenters. The second kappa shape index (κ2) is 16.1. The van der Waals surface area contributed by atoms with Crippen molar-refractivity contribution >= 4 is 51.9 Å². The first-order chi connectivity index (χ1) is 30.1. The van der Waals surface area contributed by atoms with Crippen LogP contribution in [0.5, 0.6) is 5.75 Å². The number of nitrogens with one attached hydrogen (secondary N) is 2. The fourth-order valence-electron chi connectivity index (χ4n) is 11.0. The first-order valence-electron chi connectivity index (χ1n) is 22.0. The molecule has 2 N–H and O–H groups in total. The average molecular weight is 852 g/mol. The highest BCUT2D eigenvalue weighted by molar-refractivity contribution is 6.23. The Labute approximate surface area is 366 Å². The number of benzene rings is 2. The number of fused-ring (bicyclic) bond motifs is 2. The SMILES string of the molecule is C[C@@H]1CN(c2ccc3c(c2)C(=O)N(C2CCC(=O)NC2=O)C3=O)CCN1CC1CCN(c2ccc(C(=O)N[C@H]3C(C)(C)[C@H](Oc4ccc(C#N)c5ncccc45)C3(C)C)cn2)CC1. The van der Waals surface area contributed by atoms with E-state index in [1.165, 1.54) is 0 Å². The summed E-state index contributed by atoms with van der Waals surface area (Å²) in [5, 5.41) is 15.9. The second-order valence-corrected chi connectivity index (χ2v) is 19.0. The molecule has 5 aliphatic rings. The van der Waals surface area contributed by atoms with Gasteiger partial charge in [0, 0.05) is 92.1 Å². The van der Waals surface area contributed by atoms with Crippen LogP contribution in [0, 0.1) is 28.1 Å². The molecule has 0 spiro atoms. The number of hydrogen-bond acceptors (Lipinski definition) is 12. The van der Waals surface area contributed by atoms with Crippen molar-refractivity contribution in [3.8, 4) is 11.8 Å². The van der Waals surface area contributed by atoms with Gasteiger partial charge < -0.3 is 19.9 Å². The van der Waals surface area contributed by atoms with Crippen molar-refractivity contribution in [1.82, 2.24) is 30.4 Å². The molecule has 0 radical (unpaired) electrons. The van der Waals surface area contributed by atoms with Crippen molar-refractivity contribution in [2.24, 2.45) is 16.7 Å². The third-order valence-corrected chi connectivity index (χ3v) is 14.2. The standard InChI is InChI=1S/C48H53N9O6/c1-28-26-56(32-10-11-33-35(23-32)44(62)57(43(33)61)36-12-15-39(58)52-42(36)60)22-21-55(28)27-29-16-19-54(20-17-29)38-14-9-31(25-51-38)41(59)53-45-47(2,3)46(48(45,4)5)63-37-13-8-30(24-49)40-34(37)7-6-18-50-40/h6-11,13-14,18,23,25,28-29,36,45-46H,12,15-17,19-22,26-27H2,1-5H3,(H,53,59)(H,52,58,60)/t28-,36?,45-,46-/m1/s1. The minimum atomic E-state index is -0.984. The summed E-state index contributed by atoms with van der Waals surface area (Å²) >= 11 is 0. The van der Waals surface area contributed by atoms with Gasteiger partial charge in [0.25, 0.3) is 17.7 Å². The Bertz CT molecular complexity index is 2550. The first-order valence-corrected chi connectivity index (χ1v) is 22.0. The van der Waals surface area contributed by atoms with Gasteiger partial charge in [-0.05, 0) is 86.7 Å². The number of ether oxygens (including phenoxy) is 1. The topological polar surface area (TPSA) is 181 Å². The van der Waals surface area contributed by atoms with Crippen LogP contribution in [0.15, 0.2) is 67.0 Å². The fraction of sp³-hybridized carbons (Fsp3) is 0.458. The summed E-state index contributed by atoms with van der Waals surface area (Å²) in [5.74, 6) is -0.0951. The summed E-state index contributed by atoms with van der Waals surface area (Å²) in [6.45, 7) is 15.8. The van der Waals surface area contributed by atoms with Gasteiger partial charge >= 0.3 is 0 Å². The number of imide groups is 2. The van der Waals surface area contributed by atoms with Gasteiger partial charge in [-0.25, -0.2) is 4.98 Å². The normalized spacial score (nSPS) is 24.7. The van der Waals surface area contributed by atoms with Crippen LogP contribution in [0.1, 0.15) is 96.9 Å². The van der Waals surface area contributed by atoms with Gasteiger partial charge in [-0.3, -0.25) is 44.1 Å². The molecular formula is C48H53N9O6. The Kier molecular flexibility index (Phi) is 10.7. The molecule has 4 fully saturated rings. The van der Waals surface area contributed by atoms with E-state index in [9.17, 15) is 29.2 Å². The molecule has 4 aliphatic heterocycles. The lowest BCUT2D eigenvalue weighted by molar-refractivity contribution is -0.163. The molecule has 3 saturated heterocycles. The number of carbonyl (C=O) groups excluding carboxylic acids is 5. The van der Waals surface area contributed by atoms with Gasteiger partial charge in [0.05, 0.1) is 27.8 Å². The van der Waals surface area contributed by atoms with Crippen molar-refractivity contribution in [3.63, 3.8) is 0 Å². The number of pyridine rings is 2. The number of piperidine rings is 2. The molecule has 15 nitrogen and oxygen atoms in total. The third-order valence-electron chi connectivity index (χ3n) is 14.2. The molecule has 5 amide bonds. The van der Waals surface area contributed by atoms with Gasteiger partial charge in [0.2, 0.25) is 11.8 Å². The largest absolute Gasteiger partial charge is 0.488 e. The first kappa shape index (κ1) is 41.9. The zero-order chi connectivity index (χ0) is 44.4. The minimum absolute atomic E-state index is 0.0853. The molecule has 1 aliphatic carbocycles. The monoisotopic (exact) mass is 851 g/mol. The highest BCUT2D eigenvalue weighted by Crippen LogP contribution is 2.56. The third kappa shape index (κ3) is 7.43. The van der Waals surface area contributed by atoms with E-state index in [-0.39, 0.29) is 53.3 Å². The van der Waals surface area contributed by atoms with E-state index in [0.29, 0.717) is 33.9 Å². The quantitative estimate of drug-likeness (QED) is 0.217. The van der Waals surface area contributed by atoms with Crippen LogP contribution in [0.25, 0.3) is 10.9 Å². The lowest BCUT2D eigenvalue weighted by Crippen LogP contribution is -2.74. The molecular weight excluding hydrogens is 799 g/mol. The Balaban J connectivity index is 0.751. The summed E-state index contributed by atoms with van der Waals surface area (Å²) in [5.41, 5.74) is 2.30. The summed E-state index contributed by atoms with van der Waals surface area (Å²) in [6.07, 6.45) is 5.42. The Morgan fingerprint density at radius 1 is 0.905 bits per heavy atom. The Hall–Kier alpha value is -6.40. The average Bonchev–Trinajstić information content (AvgIpc) is 3.52. The van der Waals surface area contributed by atoms with Crippen LogP contribution in [-0.2, 0) is 9.59 Å². The van der Waals surface area contributed by atoms with E-state index in [1.807, 2.05) is 36.4 Å². The number of piperazine rings is 1. The Morgan fingerprint density at radius 3 is 2.37 bits per heavy atom. The highest BCUT2D eigenvalue weighted by Gasteiger charge is 2.64. The second-order valence-electron chi connectivity index (χ2n) is 19.0. The minimum Gasteiger partial charge on any atom is -0.488 e. The van der Waals surface area contributed by atoms with E-state index in [2.05, 4.69) is 71.0 Å². The molecule has 4 aromatic rings. The fourth-order valence-corrected chi connectivity index (χ4v) is 11.0. The van der Waals surface area contributed by atoms with Crippen LogP contribution in [0.4, 0.5) is 11.5 Å². The molecule has 9 rings (SSSR count). The van der Waals surface area contributed by atoms with Crippen molar-refractivity contribution in [2.45, 2.75) is 84.5 Å². The van der Waals surface area contributed by atoms with Crippen molar-refractivity contribution in [1.29, 1.82) is 5.26 Å².